The molecule has 0 aromatic heterocycles. The molecule has 0 heterocycles. The van der Waals surface area contributed by atoms with Gasteiger partial charge in [0.25, 0.3) is 0 Å². The molecule has 1 saturated carbocycles. The molecular formula is C36H52O. The second-order valence-corrected chi connectivity index (χ2v) is 11.3. The Morgan fingerprint density at radius 1 is 0.730 bits per heavy atom. The third-order valence-corrected chi connectivity index (χ3v) is 8.13. The Morgan fingerprint density at radius 3 is 1.81 bits per heavy atom. The van der Waals surface area contributed by atoms with Crippen LogP contribution >= 0.6 is 0 Å². The molecule has 0 amide bonds. The number of hydrogen-bond acceptors (Lipinski definition) is 1. The minimum absolute atomic E-state index is 0.710. The molecule has 0 unspecified atom stereocenters. The van der Waals surface area contributed by atoms with E-state index in [4.69, 9.17) is 4.74 Å². The average Bonchev–Trinajstić information content (AvgIpc) is 2.94. The highest BCUT2D eigenvalue weighted by molar-refractivity contribution is 5.49. The summed E-state index contributed by atoms with van der Waals surface area (Å²) in [5.74, 6) is 1.97. The van der Waals surface area contributed by atoms with E-state index in [1.165, 1.54) is 112 Å². The van der Waals surface area contributed by atoms with Crippen molar-refractivity contribution < 1.29 is 4.74 Å². The van der Waals surface area contributed by atoms with Gasteiger partial charge in [0, 0.05) is 0 Å². The molecule has 37 heavy (non-hydrogen) atoms. The van der Waals surface area contributed by atoms with Gasteiger partial charge in [-0.2, -0.15) is 0 Å². The van der Waals surface area contributed by atoms with Gasteiger partial charge in [0.1, 0.15) is 0 Å². The maximum Gasteiger partial charge on any atom is 0.0717 e. The SMILES string of the molecule is C=CCCOCc1ccc(CCCCC2CCC(CCCCc3ccc(C=CCCC)cc3)CC2)cc1. The van der Waals surface area contributed by atoms with Gasteiger partial charge >= 0.3 is 0 Å². The highest BCUT2D eigenvalue weighted by Crippen LogP contribution is 2.34. The fraction of sp³-hybridized carbons (Fsp3) is 0.556. The normalized spacial score (nSPS) is 17.9. The Morgan fingerprint density at radius 2 is 1.27 bits per heavy atom. The van der Waals surface area contributed by atoms with Gasteiger partial charge < -0.3 is 4.74 Å². The van der Waals surface area contributed by atoms with Crippen molar-refractivity contribution in [2.45, 2.75) is 110 Å². The van der Waals surface area contributed by atoms with Gasteiger partial charge in [0.15, 0.2) is 0 Å². The predicted molar refractivity (Wildman–Crippen MR) is 162 cm³/mol. The number of allylic oxidation sites excluding steroid dienone is 1. The lowest BCUT2D eigenvalue weighted by atomic mass is 9.78. The zero-order valence-corrected chi connectivity index (χ0v) is 23.6. The van der Waals surface area contributed by atoms with Gasteiger partial charge in [-0.15, -0.1) is 6.58 Å². The molecule has 0 N–H and O–H groups in total. The van der Waals surface area contributed by atoms with E-state index in [-0.39, 0.29) is 0 Å². The highest BCUT2D eigenvalue weighted by Gasteiger charge is 2.20. The topological polar surface area (TPSA) is 9.23 Å². The van der Waals surface area contributed by atoms with Gasteiger partial charge in [0.05, 0.1) is 13.2 Å². The van der Waals surface area contributed by atoms with E-state index in [2.05, 4.69) is 74.2 Å². The molecule has 1 aliphatic carbocycles. The molecule has 1 fully saturated rings. The first-order chi connectivity index (χ1) is 18.3. The number of rotatable bonds is 18. The Balaban J connectivity index is 1.19. The van der Waals surface area contributed by atoms with Crippen molar-refractivity contribution in [3.05, 3.63) is 89.5 Å². The fourth-order valence-electron chi connectivity index (χ4n) is 5.67. The van der Waals surface area contributed by atoms with Crippen LogP contribution in [-0.4, -0.2) is 6.61 Å². The molecule has 0 atom stereocenters. The molecule has 0 saturated heterocycles. The predicted octanol–water partition coefficient (Wildman–Crippen LogP) is 10.5. The van der Waals surface area contributed by atoms with Crippen LogP contribution in [0.25, 0.3) is 6.08 Å². The van der Waals surface area contributed by atoms with Crippen molar-refractivity contribution >= 4 is 6.08 Å². The molecule has 0 bridgehead atoms. The zero-order chi connectivity index (χ0) is 26.0. The van der Waals surface area contributed by atoms with Crippen molar-refractivity contribution in [1.29, 1.82) is 0 Å². The number of hydrogen-bond donors (Lipinski definition) is 0. The molecule has 0 aliphatic heterocycles. The molecule has 1 aliphatic rings. The molecule has 1 heteroatoms. The van der Waals surface area contributed by atoms with Crippen molar-refractivity contribution in [1.82, 2.24) is 0 Å². The first-order valence-corrected chi connectivity index (χ1v) is 15.3. The van der Waals surface area contributed by atoms with E-state index in [1.54, 1.807) is 0 Å². The van der Waals surface area contributed by atoms with Gasteiger partial charge in [0.2, 0.25) is 0 Å². The zero-order valence-electron chi connectivity index (χ0n) is 23.6. The third kappa shape index (κ3) is 12.3. The van der Waals surface area contributed by atoms with Crippen LogP contribution in [0.4, 0.5) is 0 Å². The molecular weight excluding hydrogens is 448 g/mol. The third-order valence-electron chi connectivity index (χ3n) is 8.13. The van der Waals surface area contributed by atoms with Crippen molar-refractivity contribution in [3.63, 3.8) is 0 Å². The van der Waals surface area contributed by atoms with Crippen molar-refractivity contribution in [2.24, 2.45) is 11.8 Å². The largest absolute Gasteiger partial charge is 0.376 e. The number of aryl methyl sites for hydroxylation is 2. The maximum absolute atomic E-state index is 5.66. The summed E-state index contributed by atoms with van der Waals surface area (Å²) < 4.78 is 5.66. The van der Waals surface area contributed by atoms with Crippen molar-refractivity contribution in [3.8, 4) is 0 Å². The van der Waals surface area contributed by atoms with Crippen molar-refractivity contribution in [2.75, 3.05) is 6.61 Å². The molecule has 1 nitrogen and oxygen atoms in total. The quantitative estimate of drug-likeness (QED) is 0.146. The molecule has 0 spiro atoms. The summed E-state index contributed by atoms with van der Waals surface area (Å²) >= 11 is 0. The lowest BCUT2D eigenvalue weighted by Gasteiger charge is -2.28. The highest BCUT2D eigenvalue weighted by atomic mass is 16.5. The van der Waals surface area contributed by atoms with Gasteiger partial charge in [-0.25, -0.2) is 0 Å². The minimum atomic E-state index is 0.710. The van der Waals surface area contributed by atoms with Gasteiger partial charge in [-0.3, -0.25) is 0 Å². The number of unbranched alkanes of at least 4 members (excludes halogenated alkanes) is 3. The lowest BCUT2D eigenvalue weighted by Crippen LogP contribution is -2.14. The average molecular weight is 501 g/mol. The first-order valence-electron chi connectivity index (χ1n) is 15.3. The van der Waals surface area contributed by atoms with Crippen LogP contribution in [0.2, 0.25) is 0 Å². The molecule has 2 aromatic rings. The molecule has 202 valence electrons. The Hall–Kier alpha value is -2.12. The van der Waals surface area contributed by atoms with E-state index < -0.39 is 0 Å². The van der Waals surface area contributed by atoms with E-state index in [9.17, 15) is 0 Å². The Kier molecular flexibility index (Phi) is 14.5. The van der Waals surface area contributed by atoms with Gasteiger partial charge in [-0.1, -0.05) is 131 Å². The van der Waals surface area contributed by atoms with Crippen LogP contribution in [0.15, 0.2) is 67.3 Å². The van der Waals surface area contributed by atoms with Crippen LogP contribution < -0.4 is 0 Å². The van der Waals surface area contributed by atoms with Crippen LogP contribution in [0.5, 0.6) is 0 Å². The number of ether oxygens (including phenoxy) is 1. The second kappa shape index (κ2) is 18.2. The summed E-state index contributed by atoms with van der Waals surface area (Å²) in [6.45, 7) is 7.44. The summed E-state index contributed by atoms with van der Waals surface area (Å²) in [7, 11) is 0. The first kappa shape index (κ1) is 29.4. The smallest absolute Gasteiger partial charge is 0.0717 e. The fourth-order valence-corrected chi connectivity index (χ4v) is 5.67. The molecule has 3 rings (SSSR count). The standard InChI is InChI=1S/C36H52O/c1-3-5-7-12-31-17-19-32(20-18-31)13-8-9-14-33-21-23-34(24-22-33)15-10-11-16-35-25-27-36(28-26-35)30-37-29-6-4-2/h4,7,12,17-20,25-28,33-34H,2-3,5-6,8-11,13-16,21-24,29-30H2,1H3. The molecule has 0 radical (unpaired) electrons. The lowest BCUT2D eigenvalue weighted by molar-refractivity contribution is 0.125. The minimum Gasteiger partial charge on any atom is -0.376 e. The molecule has 2 aromatic carbocycles. The summed E-state index contributed by atoms with van der Waals surface area (Å²) in [6.07, 6.45) is 26.4. The monoisotopic (exact) mass is 500 g/mol. The summed E-state index contributed by atoms with van der Waals surface area (Å²) in [4.78, 5) is 0. The van der Waals surface area contributed by atoms with Crippen LogP contribution in [0.1, 0.15) is 113 Å². The maximum atomic E-state index is 5.66. The number of benzene rings is 2. The van der Waals surface area contributed by atoms with Gasteiger partial charge in [-0.05, 0) is 72.6 Å². The van der Waals surface area contributed by atoms with E-state index >= 15 is 0 Å². The van der Waals surface area contributed by atoms with Crippen LogP contribution in [0, 0.1) is 11.8 Å². The second-order valence-electron chi connectivity index (χ2n) is 11.3. The van der Waals surface area contributed by atoms with Crippen LogP contribution in [0.3, 0.4) is 0 Å². The summed E-state index contributed by atoms with van der Waals surface area (Å²) in [5, 5.41) is 0. The summed E-state index contributed by atoms with van der Waals surface area (Å²) in [5.41, 5.74) is 5.58. The van der Waals surface area contributed by atoms with E-state index in [1.807, 2.05) is 6.08 Å². The van der Waals surface area contributed by atoms with E-state index in [0.717, 1.165) is 24.9 Å². The van der Waals surface area contributed by atoms with E-state index in [0.29, 0.717) is 6.61 Å². The van der Waals surface area contributed by atoms with Crippen LogP contribution in [-0.2, 0) is 24.2 Å². The Bertz CT molecular complexity index is 868. The summed E-state index contributed by atoms with van der Waals surface area (Å²) in [6, 6.07) is 18.3. The Labute approximate surface area is 228 Å².